The number of hydrogen-bond acceptors (Lipinski definition) is 3. The van der Waals surface area contributed by atoms with Gasteiger partial charge < -0.3 is 14.7 Å². The van der Waals surface area contributed by atoms with E-state index in [0.717, 1.165) is 11.4 Å². The van der Waals surface area contributed by atoms with E-state index in [1.807, 2.05) is 0 Å². The SMILES string of the molecule is CN(C)c1ccc(C=CC=[N+](c2ccc(N(C)C)cc2)c2ccc(N(C)C)cc2)cc1. The Hall–Kier alpha value is -3.53. The van der Waals surface area contributed by atoms with E-state index in [4.69, 9.17) is 0 Å². The summed E-state index contributed by atoms with van der Waals surface area (Å²) >= 11 is 0. The molecule has 0 N–H and O–H groups in total. The molecule has 0 heterocycles. The van der Waals surface area contributed by atoms with E-state index >= 15 is 0 Å². The van der Waals surface area contributed by atoms with Crippen LogP contribution in [0.25, 0.3) is 6.08 Å². The molecule has 0 atom stereocenters. The molecule has 3 aromatic carbocycles. The molecule has 3 aromatic rings. The smallest absolute Gasteiger partial charge is 0.211 e. The van der Waals surface area contributed by atoms with Gasteiger partial charge in [0.1, 0.15) is 0 Å². The van der Waals surface area contributed by atoms with Crippen LogP contribution in [0.1, 0.15) is 5.56 Å². The summed E-state index contributed by atoms with van der Waals surface area (Å²) in [7, 11) is 12.3. The molecule has 160 valence electrons. The Morgan fingerprint density at radius 2 is 0.871 bits per heavy atom. The van der Waals surface area contributed by atoms with Crippen molar-refractivity contribution in [3.05, 3.63) is 84.4 Å². The highest BCUT2D eigenvalue weighted by molar-refractivity contribution is 5.84. The quantitative estimate of drug-likeness (QED) is 0.375. The molecule has 31 heavy (non-hydrogen) atoms. The van der Waals surface area contributed by atoms with Crippen LogP contribution in [0.15, 0.2) is 78.9 Å². The zero-order valence-corrected chi connectivity index (χ0v) is 19.4. The number of hydrogen-bond donors (Lipinski definition) is 0. The van der Waals surface area contributed by atoms with Gasteiger partial charge in [0.25, 0.3) is 0 Å². The first-order valence-electron chi connectivity index (χ1n) is 10.5. The van der Waals surface area contributed by atoms with Crippen molar-refractivity contribution in [2.75, 3.05) is 57.0 Å². The van der Waals surface area contributed by atoms with E-state index in [9.17, 15) is 0 Å². The van der Waals surface area contributed by atoms with Crippen molar-refractivity contribution in [2.24, 2.45) is 0 Å². The van der Waals surface area contributed by atoms with Crippen molar-refractivity contribution in [1.82, 2.24) is 4.58 Å². The summed E-state index contributed by atoms with van der Waals surface area (Å²) in [6.45, 7) is 0. The third-order valence-corrected chi connectivity index (χ3v) is 5.22. The van der Waals surface area contributed by atoms with E-state index in [-0.39, 0.29) is 0 Å². The monoisotopic (exact) mass is 413 g/mol. The molecule has 0 saturated heterocycles. The first-order chi connectivity index (χ1) is 14.8. The molecule has 4 nitrogen and oxygen atoms in total. The number of nitrogens with zero attached hydrogens (tertiary/aromatic N) is 4. The third-order valence-electron chi connectivity index (χ3n) is 5.22. The maximum atomic E-state index is 2.21. The van der Waals surface area contributed by atoms with E-state index in [2.05, 4.69) is 153 Å². The molecule has 0 aliphatic rings. The lowest BCUT2D eigenvalue weighted by molar-refractivity contribution is 1.08. The van der Waals surface area contributed by atoms with Gasteiger partial charge in [-0.05, 0) is 48.0 Å². The molecule has 0 fully saturated rings. The number of allylic oxidation sites excluding steroid dienone is 1. The lowest BCUT2D eigenvalue weighted by Gasteiger charge is -2.13. The number of benzene rings is 3. The molecule has 3 rings (SSSR count). The highest BCUT2D eigenvalue weighted by Crippen LogP contribution is 2.25. The Labute approximate surface area is 187 Å². The topological polar surface area (TPSA) is 12.7 Å². The summed E-state index contributed by atoms with van der Waals surface area (Å²) in [5.74, 6) is 0. The summed E-state index contributed by atoms with van der Waals surface area (Å²) < 4.78 is 2.21. The Bertz CT molecular complexity index is 973. The standard InChI is InChI=1S/C27H33N4/c1-28(2)23-11-9-22(10-12-23)8-7-21-31(26-17-13-24(14-18-26)29(3)4)27-19-15-25(16-20-27)30(5)6/h7-21H,1-6H3/q+1. The van der Waals surface area contributed by atoms with Crippen molar-refractivity contribution in [1.29, 1.82) is 0 Å². The second-order valence-electron chi connectivity index (χ2n) is 8.19. The van der Waals surface area contributed by atoms with Crippen LogP contribution in [0.2, 0.25) is 0 Å². The molecule has 0 aromatic heterocycles. The van der Waals surface area contributed by atoms with Crippen molar-refractivity contribution in [2.45, 2.75) is 0 Å². The van der Waals surface area contributed by atoms with Crippen LogP contribution in [0.5, 0.6) is 0 Å². The molecule has 0 saturated carbocycles. The van der Waals surface area contributed by atoms with E-state index in [0.29, 0.717) is 0 Å². The van der Waals surface area contributed by atoms with Gasteiger partial charge in [0.15, 0.2) is 6.21 Å². The molecule has 0 bridgehead atoms. The summed E-state index contributed by atoms with van der Waals surface area (Å²) in [6, 6.07) is 25.8. The second kappa shape index (κ2) is 9.98. The van der Waals surface area contributed by atoms with Gasteiger partial charge in [-0.2, -0.15) is 4.58 Å². The minimum Gasteiger partial charge on any atom is -0.378 e. The zero-order chi connectivity index (χ0) is 22.4. The van der Waals surface area contributed by atoms with Gasteiger partial charge in [0.05, 0.1) is 0 Å². The molecule has 0 aliphatic heterocycles. The van der Waals surface area contributed by atoms with Gasteiger partial charge in [0, 0.05) is 89.7 Å². The minimum absolute atomic E-state index is 1.12. The Morgan fingerprint density at radius 1 is 0.516 bits per heavy atom. The normalized spacial score (nSPS) is 10.8. The van der Waals surface area contributed by atoms with Gasteiger partial charge in [-0.25, -0.2) is 0 Å². The molecule has 0 spiro atoms. The summed E-state index contributed by atoms with van der Waals surface area (Å²) in [4.78, 5) is 6.33. The average molecular weight is 414 g/mol. The van der Waals surface area contributed by atoms with Gasteiger partial charge in [0.2, 0.25) is 11.4 Å². The molecule has 0 amide bonds. The van der Waals surface area contributed by atoms with Crippen molar-refractivity contribution >= 4 is 40.7 Å². The minimum atomic E-state index is 1.12. The largest absolute Gasteiger partial charge is 0.378 e. The molecule has 4 heteroatoms. The molecular formula is C27H33N4+. The van der Waals surface area contributed by atoms with Gasteiger partial charge in [-0.1, -0.05) is 12.1 Å². The fraction of sp³-hybridized carbons (Fsp3) is 0.222. The molecular weight excluding hydrogens is 380 g/mol. The van der Waals surface area contributed by atoms with Gasteiger partial charge in [-0.3, -0.25) is 0 Å². The van der Waals surface area contributed by atoms with E-state index in [1.54, 1.807) is 0 Å². The molecule has 0 radical (unpaired) electrons. The van der Waals surface area contributed by atoms with Crippen molar-refractivity contribution in [3.63, 3.8) is 0 Å². The zero-order valence-electron chi connectivity index (χ0n) is 19.4. The van der Waals surface area contributed by atoms with Gasteiger partial charge >= 0.3 is 0 Å². The van der Waals surface area contributed by atoms with E-state index in [1.165, 1.54) is 22.6 Å². The van der Waals surface area contributed by atoms with Crippen LogP contribution >= 0.6 is 0 Å². The molecule has 0 aliphatic carbocycles. The highest BCUT2D eigenvalue weighted by atomic mass is 15.1. The van der Waals surface area contributed by atoms with Crippen molar-refractivity contribution < 1.29 is 0 Å². The highest BCUT2D eigenvalue weighted by Gasteiger charge is 2.13. The van der Waals surface area contributed by atoms with Crippen LogP contribution in [0.4, 0.5) is 28.4 Å². The number of anilines is 3. The lowest BCUT2D eigenvalue weighted by Crippen LogP contribution is -2.10. The fourth-order valence-corrected chi connectivity index (χ4v) is 3.27. The Morgan fingerprint density at radius 3 is 1.23 bits per heavy atom. The average Bonchev–Trinajstić information content (AvgIpc) is 2.77. The summed E-state index contributed by atoms with van der Waals surface area (Å²) in [6.07, 6.45) is 6.36. The van der Waals surface area contributed by atoms with Crippen LogP contribution in [-0.4, -0.2) is 48.5 Å². The predicted molar refractivity (Wildman–Crippen MR) is 139 cm³/mol. The van der Waals surface area contributed by atoms with Crippen molar-refractivity contribution in [3.8, 4) is 0 Å². The van der Waals surface area contributed by atoms with Crippen LogP contribution in [0.3, 0.4) is 0 Å². The lowest BCUT2D eigenvalue weighted by atomic mass is 10.2. The maximum absolute atomic E-state index is 2.21. The third kappa shape index (κ3) is 5.76. The fourth-order valence-electron chi connectivity index (χ4n) is 3.27. The Kier molecular flexibility index (Phi) is 7.14. The molecule has 0 unspecified atom stereocenters. The summed E-state index contributed by atoms with van der Waals surface area (Å²) in [5.41, 5.74) is 6.98. The van der Waals surface area contributed by atoms with Gasteiger partial charge in [-0.15, -0.1) is 0 Å². The first-order valence-corrected chi connectivity index (χ1v) is 10.5. The maximum Gasteiger partial charge on any atom is 0.211 e. The van der Waals surface area contributed by atoms with Crippen LogP contribution < -0.4 is 19.3 Å². The summed E-state index contributed by atoms with van der Waals surface area (Å²) in [5, 5.41) is 0. The first kappa shape index (κ1) is 22.2. The van der Waals surface area contributed by atoms with Crippen LogP contribution in [-0.2, 0) is 0 Å². The van der Waals surface area contributed by atoms with E-state index < -0.39 is 0 Å². The second-order valence-corrected chi connectivity index (χ2v) is 8.19. The predicted octanol–water partition coefficient (Wildman–Crippen LogP) is 5.50. The Balaban J connectivity index is 1.94. The van der Waals surface area contributed by atoms with Crippen LogP contribution in [0, 0.1) is 0 Å². The number of rotatable bonds is 7.